The molecule has 0 fully saturated rings. The normalized spacial score (nSPS) is 7.50. The van der Waals surface area contributed by atoms with Gasteiger partial charge in [0.15, 0.2) is 0 Å². The van der Waals surface area contributed by atoms with Gasteiger partial charge in [-0.3, -0.25) is 0 Å². The van der Waals surface area contributed by atoms with E-state index in [2.05, 4.69) is 0 Å². The monoisotopic (exact) mass is 235 g/mol. The smallest absolute Gasteiger partial charge is 0.894 e. The summed E-state index contributed by atoms with van der Waals surface area (Å²) < 4.78 is 0. The standard InChI is InChI=1S/Mg.Mn.O4Si.Zn/c;;1-5(2,3)4;/q2*+2;-4;+2. The summed E-state index contributed by atoms with van der Waals surface area (Å²) in [6.45, 7) is 0. The van der Waals surface area contributed by atoms with Crippen molar-refractivity contribution in [3.8, 4) is 0 Å². The minimum Gasteiger partial charge on any atom is -0.894 e. The maximum atomic E-state index is 8.58. The molecule has 0 atom stereocenters. The van der Waals surface area contributed by atoms with Crippen LogP contribution < -0.4 is 19.2 Å². The Labute approximate surface area is 87.2 Å². The Morgan fingerprint density at radius 3 is 0.875 bits per heavy atom. The molecule has 4 nitrogen and oxygen atoms in total. The Kier molecular flexibility index (Phi) is 25.2. The van der Waals surface area contributed by atoms with Crippen molar-refractivity contribution < 1.29 is 55.7 Å². The summed E-state index contributed by atoms with van der Waals surface area (Å²) in [5.41, 5.74) is 0. The van der Waals surface area contributed by atoms with E-state index in [0.717, 1.165) is 0 Å². The van der Waals surface area contributed by atoms with Crippen LogP contribution in [-0.2, 0) is 36.5 Å². The molecule has 0 aromatic rings. The SMILES string of the molecule is [Mg+2].[Mn+2].[O-][Si]([O-])([O-])[O-].[Zn+2]. The van der Waals surface area contributed by atoms with Gasteiger partial charge in [-0.2, -0.15) is 0 Å². The van der Waals surface area contributed by atoms with E-state index < -0.39 is 9.05 Å². The van der Waals surface area contributed by atoms with Crippen LogP contribution in [0.15, 0.2) is 0 Å². The van der Waals surface area contributed by atoms with E-state index in [9.17, 15) is 0 Å². The number of hydrogen-bond acceptors (Lipinski definition) is 4. The van der Waals surface area contributed by atoms with E-state index in [1.54, 1.807) is 0 Å². The van der Waals surface area contributed by atoms with Crippen LogP contribution in [-0.4, -0.2) is 32.1 Å². The molecular formula is MgMnO4SiZn+2. The van der Waals surface area contributed by atoms with E-state index in [0.29, 0.717) is 0 Å². The van der Waals surface area contributed by atoms with Crippen LogP contribution >= 0.6 is 0 Å². The minimum atomic E-state index is -5.61. The second kappa shape index (κ2) is 8.97. The predicted octanol–water partition coefficient (Wildman–Crippen LogP) is -5.52. The molecule has 0 N–H and O–H groups in total. The average Bonchev–Trinajstić information content (AvgIpc) is 0.722. The van der Waals surface area contributed by atoms with Crippen molar-refractivity contribution in [2.45, 2.75) is 0 Å². The summed E-state index contributed by atoms with van der Waals surface area (Å²) in [7, 11) is -5.61. The summed E-state index contributed by atoms with van der Waals surface area (Å²) in [4.78, 5) is 34.3. The quantitative estimate of drug-likeness (QED) is 0.392. The Bertz CT molecular complexity index is 31.5. The van der Waals surface area contributed by atoms with Gasteiger partial charge in [-0.25, -0.2) is 0 Å². The van der Waals surface area contributed by atoms with Crippen LogP contribution in [0, 0.1) is 0 Å². The maximum Gasteiger partial charge on any atom is 2.00 e. The zero-order valence-electron chi connectivity index (χ0n) is 3.93. The fourth-order valence-electron chi connectivity index (χ4n) is 0. The van der Waals surface area contributed by atoms with E-state index in [1.807, 2.05) is 0 Å². The largest absolute Gasteiger partial charge is 2.00 e. The van der Waals surface area contributed by atoms with Crippen molar-refractivity contribution in [3.63, 3.8) is 0 Å². The second-order valence-electron chi connectivity index (χ2n) is 0.500. The molecule has 37 valence electrons. The van der Waals surface area contributed by atoms with Gasteiger partial charge in [-0.1, -0.05) is 0 Å². The molecular weight excluding hydrogens is 237 g/mol. The van der Waals surface area contributed by atoms with Crippen LogP contribution in [0.2, 0.25) is 0 Å². The van der Waals surface area contributed by atoms with Gasteiger partial charge < -0.3 is 28.2 Å². The van der Waals surface area contributed by atoms with Gasteiger partial charge in [0.2, 0.25) is 0 Å². The number of rotatable bonds is 0. The van der Waals surface area contributed by atoms with E-state index >= 15 is 0 Å². The summed E-state index contributed by atoms with van der Waals surface area (Å²) in [5.74, 6) is 0. The Hall–Kier alpha value is 1.97. The molecule has 8 heavy (non-hydrogen) atoms. The van der Waals surface area contributed by atoms with Crippen LogP contribution in [0.5, 0.6) is 0 Å². The third-order valence-corrected chi connectivity index (χ3v) is 0. The first-order chi connectivity index (χ1) is 2.00. The van der Waals surface area contributed by atoms with Crippen molar-refractivity contribution in [2.75, 3.05) is 0 Å². The summed E-state index contributed by atoms with van der Waals surface area (Å²) in [6.07, 6.45) is 0. The maximum absolute atomic E-state index is 8.58. The minimum absolute atomic E-state index is 0. The van der Waals surface area contributed by atoms with Crippen molar-refractivity contribution in [3.05, 3.63) is 0 Å². The molecule has 0 spiro atoms. The molecule has 0 aromatic heterocycles. The summed E-state index contributed by atoms with van der Waals surface area (Å²) >= 11 is 0. The molecule has 0 bridgehead atoms. The average molecular weight is 237 g/mol. The molecule has 0 aliphatic heterocycles. The Morgan fingerprint density at radius 2 is 0.875 bits per heavy atom. The predicted molar refractivity (Wildman–Crippen MR) is 11.5 cm³/mol. The van der Waals surface area contributed by atoms with Crippen molar-refractivity contribution in [2.24, 2.45) is 0 Å². The van der Waals surface area contributed by atoms with Gasteiger partial charge in [0.25, 0.3) is 0 Å². The molecule has 0 aromatic carbocycles. The third kappa shape index (κ3) is 100. The molecule has 0 rings (SSSR count). The molecule has 1 radical (unpaired) electrons. The van der Waals surface area contributed by atoms with Gasteiger partial charge in [0, 0.05) is 0 Å². The Morgan fingerprint density at radius 1 is 0.875 bits per heavy atom. The summed E-state index contributed by atoms with van der Waals surface area (Å²) in [6, 6.07) is 0. The fraction of sp³-hybridized carbons (Fsp3) is 0. The number of hydrogen-bond donors (Lipinski definition) is 0. The molecule has 0 aliphatic carbocycles. The van der Waals surface area contributed by atoms with Gasteiger partial charge in [0.05, 0.1) is 0 Å². The van der Waals surface area contributed by atoms with Gasteiger partial charge in [-0.05, 0) is 0 Å². The molecule has 0 unspecified atom stereocenters. The van der Waals surface area contributed by atoms with E-state index in [1.165, 1.54) is 0 Å². The molecule has 0 heterocycles. The van der Waals surface area contributed by atoms with E-state index in [4.69, 9.17) is 19.2 Å². The molecule has 0 saturated carbocycles. The third-order valence-electron chi connectivity index (χ3n) is 0. The Balaban J connectivity index is -0.0000000267. The molecule has 0 saturated heterocycles. The van der Waals surface area contributed by atoms with Crippen molar-refractivity contribution in [1.82, 2.24) is 0 Å². The molecule has 8 heteroatoms. The summed E-state index contributed by atoms with van der Waals surface area (Å²) in [5, 5.41) is 0. The first kappa shape index (κ1) is 22.5. The first-order valence-electron chi connectivity index (χ1n) is 0.816. The first-order valence-corrected chi connectivity index (χ1v) is 2.45. The van der Waals surface area contributed by atoms with Gasteiger partial charge in [-0.15, -0.1) is 0 Å². The van der Waals surface area contributed by atoms with Crippen molar-refractivity contribution in [1.29, 1.82) is 0 Å². The van der Waals surface area contributed by atoms with Crippen LogP contribution in [0.25, 0.3) is 0 Å². The van der Waals surface area contributed by atoms with Gasteiger partial charge >= 0.3 is 59.6 Å². The van der Waals surface area contributed by atoms with Crippen molar-refractivity contribution >= 4 is 32.1 Å². The fourth-order valence-corrected chi connectivity index (χ4v) is 0. The molecule has 0 aliphatic rings. The zero-order valence-corrected chi connectivity index (χ0v) is 10.5. The van der Waals surface area contributed by atoms with Crippen LogP contribution in [0.3, 0.4) is 0 Å². The van der Waals surface area contributed by atoms with Crippen LogP contribution in [0.4, 0.5) is 0 Å². The van der Waals surface area contributed by atoms with Gasteiger partial charge in [0.1, 0.15) is 0 Å². The molecule has 0 amide bonds. The van der Waals surface area contributed by atoms with Crippen LogP contribution in [0.1, 0.15) is 0 Å². The topological polar surface area (TPSA) is 92.2 Å². The van der Waals surface area contributed by atoms with E-state index in [-0.39, 0.29) is 59.6 Å². The zero-order chi connectivity index (χ0) is 4.50. The second-order valence-corrected chi connectivity index (χ2v) is 1.50.